The minimum Gasteiger partial charge on any atom is -0.508 e. The minimum atomic E-state index is 0.0275. The van der Waals surface area contributed by atoms with Crippen LogP contribution in [-0.2, 0) is 0 Å². The molecule has 1 aliphatic rings. The Balaban J connectivity index is 2.09. The van der Waals surface area contributed by atoms with Crippen LogP contribution in [0.5, 0.6) is 5.75 Å². The number of amides is 1. The van der Waals surface area contributed by atoms with Crippen molar-refractivity contribution in [2.24, 2.45) is 5.92 Å². The molecule has 0 spiro atoms. The predicted molar refractivity (Wildman–Crippen MR) is 71.8 cm³/mol. The van der Waals surface area contributed by atoms with E-state index in [1.165, 1.54) is 19.3 Å². The number of carbonyl (C=O) groups excluding carboxylic acids is 1. The molecule has 1 amide bonds. The molecule has 3 nitrogen and oxygen atoms in total. The van der Waals surface area contributed by atoms with Crippen molar-refractivity contribution in [1.29, 1.82) is 0 Å². The predicted octanol–water partition coefficient (Wildman–Crippen LogP) is 2.96. The first-order valence-corrected chi connectivity index (χ1v) is 6.70. The van der Waals surface area contributed by atoms with Crippen molar-refractivity contribution in [3.05, 3.63) is 29.3 Å². The monoisotopic (exact) mass is 247 g/mol. The van der Waals surface area contributed by atoms with E-state index in [0.29, 0.717) is 11.5 Å². The topological polar surface area (TPSA) is 40.5 Å². The summed E-state index contributed by atoms with van der Waals surface area (Å²) in [5.41, 5.74) is 1.38. The zero-order chi connectivity index (χ0) is 13.1. The molecule has 2 rings (SSSR count). The number of benzene rings is 1. The zero-order valence-corrected chi connectivity index (χ0v) is 11.1. The second kappa shape index (κ2) is 5.42. The smallest absolute Gasteiger partial charge is 0.253 e. The summed E-state index contributed by atoms with van der Waals surface area (Å²) in [7, 11) is 0. The van der Waals surface area contributed by atoms with Crippen molar-refractivity contribution in [2.45, 2.75) is 33.1 Å². The molecule has 98 valence electrons. The SMILES string of the molecule is CCN(CC1CCC1)C(=O)c1ccc(C)c(O)c1. The molecule has 0 unspecified atom stereocenters. The van der Waals surface area contributed by atoms with E-state index in [2.05, 4.69) is 0 Å². The average Bonchev–Trinajstić information content (AvgIpc) is 2.31. The fourth-order valence-corrected chi connectivity index (χ4v) is 2.27. The van der Waals surface area contributed by atoms with Gasteiger partial charge in [-0.1, -0.05) is 12.5 Å². The average molecular weight is 247 g/mol. The standard InChI is InChI=1S/C15H21NO2/c1-3-16(10-12-5-4-6-12)15(18)13-8-7-11(2)14(17)9-13/h7-9,12,17H,3-6,10H2,1-2H3. The first-order valence-electron chi connectivity index (χ1n) is 6.70. The Morgan fingerprint density at radius 3 is 2.67 bits per heavy atom. The van der Waals surface area contributed by atoms with E-state index in [-0.39, 0.29) is 11.7 Å². The van der Waals surface area contributed by atoms with E-state index >= 15 is 0 Å². The summed E-state index contributed by atoms with van der Waals surface area (Å²) in [6.45, 7) is 5.41. The molecule has 0 atom stereocenters. The molecule has 0 aromatic heterocycles. The Kier molecular flexibility index (Phi) is 3.90. The number of nitrogens with zero attached hydrogens (tertiary/aromatic N) is 1. The summed E-state index contributed by atoms with van der Waals surface area (Å²) in [5, 5.41) is 9.67. The van der Waals surface area contributed by atoms with Crippen LogP contribution in [0.2, 0.25) is 0 Å². The third-order valence-corrected chi connectivity index (χ3v) is 3.83. The Labute approximate surface area is 108 Å². The lowest BCUT2D eigenvalue weighted by atomic mass is 9.85. The lowest BCUT2D eigenvalue weighted by Gasteiger charge is -2.31. The third-order valence-electron chi connectivity index (χ3n) is 3.83. The molecule has 0 bridgehead atoms. The molecule has 0 saturated heterocycles. The van der Waals surface area contributed by atoms with Gasteiger partial charge in [0.25, 0.3) is 5.91 Å². The highest BCUT2D eigenvalue weighted by Gasteiger charge is 2.23. The molecule has 1 aromatic carbocycles. The fourth-order valence-electron chi connectivity index (χ4n) is 2.27. The summed E-state index contributed by atoms with van der Waals surface area (Å²) in [6, 6.07) is 5.15. The maximum Gasteiger partial charge on any atom is 0.253 e. The number of aryl methyl sites for hydroxylation is 1. The van der Waals surface area contributed by atoms with Crippen LogP contribution in [0.1, 0.15) is 42.1 Å². The van der Waals surface area contributed by atoms with Crippen LogP contribution in [0.25, 0.3) is 0 Å². The van der Waals surface area contributed by atoms with Crippen LogP contribution >= 0.6 is 0 Å². The van der Waals surface area contributed by atoms with Crippen LogP contribution in [0.3, 0.4) is 0 Å². The van der Waals surface area contributed by atoms with Crippen molar-refractivity contribution in [3.63, 3.8) is 0 Å². The van der Waals surface area contributed by atoms with Gasteiger partial charge in [0.15, 0.2) is 0 Å². The second-order valence-electron chi connectivity index (χ2n) is 5.14. The largest absolute Gasteiger partial charge is 0.508 e. The number of aromatic hydroxyl groups is 1. The van der Waals surface area contributed by atoms with Gasteiger partial charge in [-0.3, -0.25) is 4.79 Å². The maximum absolute atomic E-state index is 12.3. The Morgan fingerprint density at radius 2 is 2.17 bits per heavy atom. The zero-order valence-electron chi connectivity index (χ0n) is 11.1. The van der Waals surface area contributed by atoms with Gasteiger partial charge in [0.2, 0.25) is 0 Å². The van der Waals surface area contributed by atoms with Crippen molar-refractivity contribution >= 4 is 5.91 Å². The Hall–Kier alpha value is -1.51. The lowest BCUT2D eigenvalue weighted by molar-refractivity contribution is 0.0706. The van der Waals surface area contributed by atoms with Crippen molar-refractivity contribution in [2.75, 3.05) is 13.1 Å². The number of phenolic OH excluding ortho intramolecular Hbond substituents is 1. The van der Waals surface area contributed by atoms with E-state index in [9.17, 15) is 9.90 Å². The molecule has 0 aliphatic heterocycles. The van der Waals surface area contributed by atoms with Gasteiger partial charge in [0.05, 0.1) is 0 Å². The van der Waals surface area contributed by atoms with Crippen molar-refractivity contribution < 1.29 is 9.90 Å². The highest BCUT2D eigenvalue weighted by atomic mass is 16.3. The van der Waals surface area contributed by atoms with Gasteiger partial charge < -0.3 is 10.0 Å². The molecule has 3 heteroatoms. The van der Waals surface area contributed by atoms with Gasteiger partial charge in [-0.25, -0.2) is 0 Å². The highest BCUT2D eigenvalue weighted by Crippen LogP contribution is 2.28. The van der Waals surface area contributed by atoms with E-state index in [1.54, 1.807) is 18.2 Å². The van der Waals surface area contributed by atoms with E-state index in [0.717, 1.165) is 18.7 Å². The van der Waals surface area contributed by atoms with E-state index in [1.807, 2.05) is 18.7 Å². The van der Waals surface area contributed by atoms with Crippen LogP contribution in [-0.4, -0.2) is 29.0 Å². The normalized spacial score (nSPS) is 15.2. The Morgan fingerprint density at radius 1 is 1.44 bits per heavy atom. The van der Waals surface area contributed by atoms with Crippen LogP contribution < -0.4 is 0 Å². The number of carbonyl (C=O) groups is 1. The van der Waals surface area contributed by atoms with Crippen molar-refractivity contribution in [1.82, 2.24) is 4.90 Å². The molecule has 1 N–H and O–H groups in total. The van der Waals surface area contributed by atoms with Gasteiger partial charge in [-0.2, -0.15) is 0 Å². The lowest BCUT2D eigenvalue weighted by Crippen LogP contribution is -2.37. The first kappa shape index (κ1) is 12.9. The molecule has 1 aliphatic carbocycles. The van der Waals surface area contributed by atoms with Crippen LogP contribution in [0, 0.1) is 12.8 Å². The first-order chi connectivity index (χ1) is 8.61. The summed E-state index contributed by atoms with van der Waals surface area (Å²) in [5.74, 6) is 0.896. The number of rotatable bonds is 4. The summed E-state index contributed by atoms with van der Waals surface area (Å²) < 4.78 is 0. The Bertz CT molecular complexity index is 438. The fraction of sp³-hybridized carbons (Fsp3) is 0.533. The van der Waals surface area contributed by atoms with Gasteiger partial charge in [0, 0.05) is 18.7 Å². The summed E-state index contributed by atoms with van der Waals surface area (Å²) in [6.07, 6.45) is 3.77. The molecule has 1 saturated carbocycles. The quantitative estimate of drug-likeness (QED) is 0.888. The van der Waals surface area contributed by atoms with Gasteiger partial charge in [-0.05, 0) is 50.3 Å². The minimum absolute atomic E-state index is 0.0275. The van der Waals surface area contributed by atoms with Gasteiger partial charge in [0.1, 0.15) is 5.75 Å². The van der Waals surface area contributed by atoms with Gasteiger partial charge >= 0.3 is 0 Å². The highest BCUT2D eigenvalue weighted by molar-refractivity contribution is 5.94. The van der Waals surface area contributed by atoms with Gasteiger partial charge in [-0.15, -0.1) is 0 Å². The van der Waals surface area contributed by atoms with Crippen LogP contribution in [0.15, 0.2) is 18.2 Å². The molecular formula is C15H21NO2. The number of phenols is 1. The summed E-state index contributed by atoms with van der Waals surface area (Å²) in [4.78, 5) is 14.2. The number of hydrogen-bond donors (Lipinski definition) is 1. The molecule has 18 heavy (non-hydrogen) atoms. The van der Waals surface area contributed by atoms with Crippen molar-refractivity contribution in [3.8, 4) is 5.75 Å². The van der Waals surface area contributed by atoms with E-state index < -0.39 is 0 Å². The molecule has 1 fully saturated rings. The third kappa shape index (κ3) is 2.66. The molecule has 1 aromatic rings. The molecular weight excluding hydrogens is 226 g/mol. The molecule has 0 heterocycles. The second-order valence-corrected chi connectivity index (χ2v) is 5.14. The van der Waals surface area contributed by atoms with E-state index in [4.69, 9.17) is 0 Å². The molecule has 0 radical (unpaired) electrons. The summed E-state index contributed by atoms with van der Waals surface area (Å²) >= 11 is 0. The maximum atomic E-state index is 12.3. The number of hydrogen-bond acceptors (Lipinski definition) is 2. The van der Waals surface area contributed by atoms with Crippen LogP contribution in [0.4, 0.5) is 0 Å².